The zero-order valence-corrected chi connectivity index (χ0v) is 16.4. The van der Waals surface area contributed by atoms with E-state index < -0.39 is 0 Å². The molecule has 3 rings (SSSR count). The normalized spacial score (nSPS) is 14.5. The molecule has 7 heteroatoms. The van der Waals surface area contributed by atoms with Crippen molar-refractivity contribution in [3.8, 4) is 0 Å². The lowest BCUT2D eigenvalue weighted by atomic mass is 9.98. The Morgan fingerprint density at radius 3 is 2.73 bits per heavy atom. The minimum absolute atomic E-state index is 0.0687. The second-order valence-corrected chi connectivity index (χ2v) is 7.88. The molecule has 3 amide bonds. The smallest absolute Gasteiger partial charge is 0.318 e. The molecule has 0 unspecified atom stereocenters. The van der Waals surface area contributed by atoms with Gasteiger partial charge in [-0.15, -0.1) is 11.3 Å². The van der Waals surface area contributed by atoms with Crippen molar-refractivity contribution in [1.82, 2.24) is 15.2 Å². The molecule has 0 radical (unpaired) electrons. The highest BCUT2D eigenvalue weighted by atomic mass is 32.1. The predicted octanol–water partition coefficient (Wildman–Crippen LogP) is 3.55. The number of thiazole rings is 1. The van der Waals surface area contributed by atoms with Crippen molar-refractivity contribution in [2.75, 3.05) is 11.9 Å². The maximum absolute atomic E-state index is 12.7. The lowest BCUT2D eigenvalue weighted by molar-refractivity contribution is -0.114. The number of nitrogens with zero attached hydrogens (tertiary/aromatic N) is 2. The first kappa shape index (κ1) is 18.4. The maximum Gasteiger partial charge on any atom is 0.318 e. The summed E-state index contributed by atoms with van der Waals surface area (Å²) in [6.45, 7) is 8.62. The third-order valence-electron chi connectivity index (χ3n) is 4.54. The first-order valence-corrected chi connectivity index (χ1v) is 9.54. The van der Waals surface area contributed by atoms with E-state index in [0.717, 1.165) is 38.8 Å². The molecule has 0 fully saturated rings. The highest BCUT2D eigenvalue weighted by Crippen LogP contribution is 2.28. The Balaban J connectivity index is 1.69. The summed E-state index contributed by atoms with van der Waals surface area (Å²) >= 11 is 1.62. The Bertz CT molecular complexity index is 846. The van der Waals surface area contributed by atoms with Crippen LogP contribution in [0.1, 0.15) is 46.6 Å². The van der Waals surface area contributed by atoms with Gasteiger partial charge in [0.1, 0.15) is 0 Å². The fourth-order valence-electron chi connectivity index (χ4n) is 3.38. The van der Waals surface area contributed by atoms with E-state index in [1.165, 1.54) is 6.92 Å². The Kier molecular flexibility index (Phi) is 5.27. The molecule has 0 saturated heterocycles. The van der Waals surface area contributed by atoms with E-state index in [4.69, 9.17) is 0 Å². The van der Waals surface area contributed by atoms with E-state index >= 15 is 0 Å². The highest BCUT2D eigenvalue weighted by Gasteiger charge is 2.24. The number of urea groups is 1. The van der Waals surface area contributed by atoms with Crippen LogP contribution in [0.25, 0.3) is 0 Å². The summed E-state index contributed by atoms with van der Waals surface area (Å²) in [7, 11) is 0. The zero-order chi connectivity index (χ0) is 18.8. The summed E-state index contributed by atoms with van der Waals surface area (Å²) in [6.07, 6.45) is 0.728. The molecule has 0 spiro atoms. The average molecular weight is 372 g/mol. The second kappa shape index (κ2) is 7.45. The number of rotatable bonds is 3. The summed E-state index contributed by atoms with van der Waals surface area (Å²) in [5.41, 5.74) is 4.02. The molecule has 2 aromatic rings. The standard InChI is InChI=1S/C19H24N4O2S/c1-11-18(26-14(4)20-11)12(2)21-19(25)23-9-8-16-15(10-23)6-5-7-17(16)22-13(3)24/h5-7,12H,8-10H2,1-4H3,(H,21,25)(H,22,24)/t12-/m1/s1. The van der Waals surface area contributed by atoms with Gasteiger partial charge in [-0.3, -0.25) is 4.79 Å². The number of anilines is 1. The van der Waals surface area contributed by atoms with E-state index in [0.29, 0.717) is 13.1 Å². The number of carbonyl (C=O) groups excluding carboxylic acids is 2. The molecule has 2 heterocycles. The van der Waals surface area contributed by atoms with Crippen LogP contribution in [0.3, 0.4) is 0 Å². The lowest BCUT2D eigenvalue weighted by Crippen LogP contribution is -2.43. The summed E-state index contributed by atoms with van der Waals surface area (Å²) in [5, 5.41) is 6.97. The molecular formula is C19H24N4O2S. The van der Waals surface area contributed by atoms with Crippen LogP contribution in [0.15, 0.2) is 18.2 Å². The highest BCUT2D eigenvalue weighted by molar-refractivity contribution is 7.11. The minimum Gasteiger partial charge on any atom is -0.331 e. The number of fused-ring (bicyclic) bond motifs is 1. The summed E-state index contributed by atoms with van der Waals surface area (Å²) in [4.78, 5) is 31.4. The predicted molar refractivity (Wildman–Crippen MR) is 103 cm³/mol. The van der Waals surface area contributed by atoms with Crippen LogP contribution in [-0.4, -0.2) is 28.4 Å². The van der Waals surface area contributed by atoms with Crippen molar-refractivity contribution in [2.45, 2.75) is 46.7 Å². The Morgan fingerprint density at radius 1 is 1.31 bits per heavy atom. The van der Waals surface area contributed by atoms with Crippen LogP contribution in [0.5, 0.6) is 0 Å². The average Bonchev–Trinajstić information content (AvgIpc) is 2.92. The lowest BCUT2D eigenvalue weighted by Gasteiger charge is -2.31. The van der Waals surface area contributed by atoms with Crippen molar-refractivity contribution >= 4 is 29.0 Å². The van der Waals surface area contributed by atoms with Gasteiger partial charge in [0.2, 0.25) is 5.91 Å². The fourth-order valence-corrected chi connectivity index (χ4v) is 4.31. The number of hydrogen-bond donors (Lipinski definition) is 2. The summed E-state index contributed by atoms with van der Waals surface area (Å²) in [5.74, 6) is -0.0809. The molecule has 0 bridgehead atoms. The number of aromatic nitrogens is 1. The van der Waals surface area contributed by atoms with Crippen LogP contribution in [-0.2, 0) is 17.8 Å². The summed E-state index contributed by atoms with van der Waals surface area (Å²) < 4.78 is 0. The Morgan fingerprint density at radius 2 is 2.08 bits per heavy atom. The number of amides is 3. The number of nitrogens with one attached hydrogen (secondary N) is 2. The van der Waals surface area contributed by atoms with Crippen molar-refractivity contribution < 1.29 is 9.59 Å². The molecule has 6 nitrogen and oxygen atoms in total. The van der Waals surface area contributed by atoms with Crippen molar-refractivity contribution in [3.05, 3.63) is 44.9 Å². The summed E-state index contributed by atoms with van der Waals surface area (Å²) in [6, 6.07) is 5.70. The van der Waals surface area contributed by atoms with Gasteiger partial charge in [0, 0.05) is 30.6 Å². The van der Waals surface area contributed by atoms with Crippen LogP contribution >= 0.6 is 11.3 Å². The van der Waals surface area contributed by atoms with E-state index in [1.54, 1.807) is 11.3 Å². The molecule has 2 N–H and O–H groups in total. The third-order valence-corrected chi connectivity index (χ3v) is 5.79. The first-order chi connectivity index (χ1) is 12.3. The topological polar surface area (TPSA) is 74.3 Å². The van der Waals surface area contributed by atoms with Crippen molar-refractivity contribution in [1.29, 1.82) is 0 Å². The van der Waals surface area contributed by atoms with E-state index in [1.807, 2.05) is 43.9 Å². The van der Waals surface area contributed by atoms with Crippen molar-refractivity contribution in [3.63, 3.8) is 0 Å². The molecule has 26 heavy (non-hydrogen) atoms. The van der Waals surface area contributed by atoms with Gasteiger partial charge in [0.15, 0.2) is 0 Å². The number of hydrogen-bond acceptors (Lipinski definition) is 4. The Hall–Kier alpha value is -2.41. The van der Waals surface area contributed by atoms with Gasteiger partial charge in [0.25, 0.3) is 0 Å². The van der Waals surface area contributed by atoms with Gasteiger partial charge >= 0.3 is 6.03 Å². The van der Waals surface area contributed by atoms with Crippen LogP contribution in [0.2, 0.25) is 0 Å². The molecule has 138 valence electrons. The van der Waals surface area contributed by atoms with Gasteiger partial charge in [-0.25, -0.2) is 9.78 Å². The van der Waals surface area contributed by atoms with Gasteiger partial charge in [-0.05, 0) is 44.4 Å². The zero-order valence-electron chi connectivity index (χ0n) is 15.5. The fraction of sp³-hybridized carbons (Fsp3) is 0.421. The van der Waals surface area contributed by atoms with E-state index in [-0.39, 0.29) is 18.0 Å². The first-order valence-electron chi connectivity index (χ1n) is 8.73. The minimum atomic E-state index is -0.0809. The van der Waals surface area contributed by atoms with Crippen LogP contribution in [0.4, 0.5) is 10.5 Å². The monoisotopic (exact) mass is 372 g/mol. The van der Waals surface area contributed by atoms with Gasteiger partial charge in [-0.2, -0.15) is 0 Å². The quantitative estimate of drug-likeness (QED) is 0.865. The largest absolute Gasteiger partial charge is 0.331 e. The van der Waals surface area contributed by atoms with Crippen LogP contribution < -0.4 is 10.6 Å². The Labute approximate surface area is 157 Å². The van der Waals surface area contributed by atoms with E-state index in [9.17, 15) is 9.59 Å². The van der Waals surface area contributed by atoms with E-state index in [2.05, 4.69) is 15.6 Å². The second-order valence-electron chi connectivity index (χ2n) is 6.65. The number of aryl methyl sites for hydroxylation is 2. The van der Waals surface area contributed by atoms with Crippen LogP contribution in [0, 0.1) is 13.8 Å². The van der Waals surface area contributed by atoms with Crippen molar-refractivity contribution in [2.24, 2.45) is 0 Å². The molecule has 1 aromatic heterocycles. The molecule has 0 aliphatic carbocycles. The molecular weight excluding hydrogens is 348 g/mol. The maximum atomic E-state index is 12.7. The van der Waals surface area contributed by atoms with Gasteiger partial charge in [-0.1, -0.05) is 12.1 Å². The third kappa shape index (κ3) is 3.88. The molecule has 1 aromatic carbocycles. The van der Waals surface area contributed by atoms with Gasteiger partial charge < -0.3 is 15.5 Å². The van der Waals surface area contributed by atoms with Gasteiger partial charge in [0.05, 0.1) is 16.7 Å². The SMILES string of the molecule is CC(=O)Nc1cccc2c1CCN(C(=O)N[C@H](C)c1sc(C)nc1C)C2. The molecule has 1 atom stereocenters. The molecule has 0 saturated carbocycles. The number of benzene rings is 1. The number of carbonyl (C=O) groups is 2. The molecule has 1 aliphatic rings. The molecule has 1 aliphatic heterocycles.